The van der Waals surface area contributed by atoms with E-state index in [1.54, 1.807) is 0 Å². The van der Waals surface area contributed by atoms with Crippen LogP contribution in [-0.4, -0.2) is 65.4 Å². The van der Waals surface area contributed by atoms with Crippen molar-refractivity contribution in [2.24, 2.45) is 0 Å². The van der Waals surface area contributed by atoms with Gasteiger partial charge in [0.05, 0.1) is 46.2 Å². The minimum absolute atomic E-state index is 0.128. The average Bonchev–Trinajstić information content (AvgIpc) is 2.90. The van der Waals surface area contributed by atoms with Gasteiger partial charge in [-0.05, 0) is 12.8 Å². The van der Waals surface area contributed by atoms with Gasteiger partial charge in [0.2, 0.25) is 0 Å². The van der Waals surface area contributed by atoms with Gasteiger partial charge in [-0.1, -0.05) is 117 Å². The molecular formula is C31H62O6. The van der Waals surface area contributed by atoms with Crippen molar-refractivity contribution in [3.05, 3.63) is 0 Å². The third kappa shape index (κ3) is 33.3. The van der Waals surface area contributed by atoms with Gasteiger partial charge >= 0.3 is 5.97 Å². The van der Waals surface area contributed by atoms with Crippen LogP contribution in [0.3, 0.4) is 0 Å². The summed E-state index contributed by atoms with van der Waals surface area (Å²) in [5, 5.41) is 0. The quantitative estimate of drug-likeness (QED) is 0.0647. The van der Waals surface area contributed by atoms with E-state index >= 15 is 0 Å². The van der Waals surface area contributed by atoms with E-state index in [1.165, 1.54) is 96.3 Å². The summed E-state index contributed by atoms with van der Waals surface area (Å²) in [5.74, 6) is -0.128. The molecule has 0 aromatic heterocycles. The second-order valence-electron chi connectivity index (χ2n) is 10.1. The van der Waals surface area contributed by atoms with Crippen LogP contribution in [0.2, 0.25) is 0 Å². The summed E-state index contributed by atoms with van der Waals surface area (Å²) in [6, 6.07) is 0. The van der Waals surface area contributed by atoms with E-state index in [0.29, 0.717) is 59.3 Å². The maximum absolute atomic E-state index is 11.5. The monoisotopic (exact) mass is 530 g/mol. The van der Waals surface area contributed by atoms with Crippen molar-refractivity contribution in [2.75, 3.05) is 59.5 Å². The van der Waals surface area contributed by atoms with E-state index in [-0.39, 0.29) is 5.97 Å². The largest absolute Gasteiger partial charge is 0.463 e. The number of esters is 1. The number of carbonyl (C=O) groups excluding carboxylic acids is 1. The minimum atomic E-state index is -0.128. The van der Waals surface area contributed by atoms with Gasteiger partial charge in [-0.25, -0.2) is 0 Å². The van der Waals surface area contributed by atoms with E-state index in [0.717, 1.165) is 25.9 Å². The second-order valence-corrected chi connectivity index (χ2v) is 10.1. The lowest BCUT2D eigenvalue weighted by molar-refractivity contribution is -0.145. The highest BCUT2D eigenvalue weighted by Gasteiger charge is 2.02. The highest BCUT2D eigenvalue weighted by Crippen LogP contribution is 2.13. The molecule has 6 heteroatoms. The standard InChI is InChI=1S/C31H62O6/c1-3-5-7-9-10-11-12-13-14-15-16-17-18-20-22-33-23-24-34-25-26-35-27-28-36-29-30-37-31(32)21-19-8-6-4-2/h3-30H2,1-2H3. The fraction of sp³-hybridized carbons (Fsp3) is 0.968. The molecular weight excluding hydrogens is 468 g/mol. The van der Waals surface area contributed by atoms with Crippen LogP contribution in [0.15, 0.2) is 0 Å². The van der Waals surface area contributed by atoms with Crippen LogP contribution >= 0.6 is 0 Å². The number of unbranched alkanes of at least 4 members (excludes halogenated alkanes) is 16. The van der Waals surface area contributed by atoms with Crippen LogP contribution < -0.4 is 0 Å². The molecule has 0 aliphatic carbocycles. The molecule has 6 nitrogen and oxygen atoms in total. The molecule has 0 aromatic rings. The second kappa shape index (κ2) is 33.3. The number of rotatable bonds is 32. The Morgan fingerprint density at radius 3 is 1.14 bits per heavy atom. The molecule has 0 aromatic carbocycles. The first-order valence-electron chi connectivity index (χ1n) is 15.8. The van der Waals surface area contributed by atoms with E-state index in [9.17, 15) is 4.79 Å². The van der Waals surface area contributed by atoms with Gasteiger partial charge in [-0.15, -0.1) is 0 Å². The Bertz CT molecular complexity index is 432. The molecule has 0 amide bonds. The highest BCUT2D eigenvalue weighted by atomic mass is 16.6. The summed E-state index contributed by atoms with van der Waals surface area (Å²) >= 11 is 0. The van der Waals surface area contributed by atoms with Crippen molar-refractivity contribution in [1.82, 2.24) is 0 Å². The Kier molecular flexibility index (Phi) is 32.7. The van der Waals surface area contributed by atoms with Gasteiger partial charge in [0.1, 0.15) is 6.61 Å². The van der Waals surface area contributed by atoms with Gasteiger partial charge in [0.25, 0.3) is 0 Å². The predicted molar refractivity (Wildman–Crippen MR) is 153 cm³/mol. The Morgan fingerprint density at radius 2 is 0.703 bits per heavy atom. The van der Waals surface area contributed by atoms with Gasteiger partial charge in [-0.3, -0.25) is 4.79 Å². The molecule has 0 aliphatic rings. The van der Waals surface area contributed by atoms with E-state index in [2.05, 4.69) is 13.8 Å². The third-order valence-electron chi connectivity index (χ3n) is 6.48. The number of hydrogen-bond donors (Lipinski definition) is 0. The highest BCUT2D eigenvalue weighted by molar-refractivity contribution is 5.69. The van der Waals surface area contributed by atoms with Crippen LogP contribution in [0.4, 0.5) is 0 Å². The topological polar surface area (TPSA) is 63.2 Å². The molecule has 0 heterocycles. The summed E-state index contributed by atoms with van der Waals surface area (Å²) in [7, 11) is 0. The van der Waals surface area contributed by atoms with Crippen molar-refractivity contribution in [3.8, 4) is 0 Å². The average molecular weight is 531 g/mol. The first-order chi connectivity index (χ1) is 18.3. The molecule has 0 unspecified atom stereocenters. The van der Waals surface area contributed by atoms with Crippen LogP contribution in [0.25, 0.3) is 0 Å². The molecule has 0 atom stereocenters. The third-order valence-corrected chi connectivity index (χ3v) is 6.48. The number of hydrogen-bond acceptors (Lipinski definition) is 6. The predicted octanol–water partition coefficient (Wildman–Crippen LogP) is 8.05. The first-order valence-corrected chi connectivity index (χ1v) is 15.8. The van der Waals surface area contributed by atoms with Gasteiger partial charge in [0.15, 0.2) is 0 Å². The Labute approximate surface area is 229 Å². The van der Waals surface area contributed by atoms with Crippen molar-refractivity contribution >= 4 is 5.97 Å². The smallest absolute Gasteiger partial charge is 0.305 e. The Hall–Kier alpha value is -0.690. The van der Waals surface area contributed by atoms with Crippen LogP contribution in [0.1, 0.15) is 136 Å². The Morgan fingerprint density at radius 1 is 0.378 bits per heavy atom. The van der Waals surface area contributed by atoms with Gasteiger partial charge in [0, 0.05) is 13.0 Å². The van der Waals surface area contributed by atoms with Crippen LogP contribution in [-0.2, 0) is 28.5 Å². The molecule has 0 saturated heterocycles. The zero-order chi connectivity index (χ0) is 26.9. The summed E-state index contributed by atoms with van der Waals surface area (Å²) < 4.78 is 27.2. The maximum Gasteiger partial charge on any atom is 0.305 e. The lowest BCUT2D eigenvalue weighted by Crippen LogP contribution is -2.14. The van der Waals surface area contributed by atoms with Gasteiger partial charge < -0.3 is 23.7 Å². The van der Waals surface area contributed by atoms with E-state index in [1.807, 2.05) is 0 Å². The number of carbonyl (C=O) groups is 1. The van der Waals surface area contributed by atoms with Crippen LogP contribution in [0.5, 0.6) is 0 Å². The summed E-state index contributed by atoms with van der Waals surface area (Å²) in [5.41, 5.74) is 0. The van der Waals surface area contributed by atoms with Gasteiger partial charge in [-0.2, -0.15) is 0 Å². The molecule has 0 rings (SSSR count). The summed E-state index contributed by atoms with van der Waals surface area (Å²) in [6.45, 7) is 9.40. The first kappa shape index (κ1) is 36.3. The van der Waals surface area contributed by atoms with Crippen molar-refractivity contribution in [3.63, 3.8) is 0 Å². The molecule has 37 heavy (non-hydrogen) atoms. The van der Waals surface area contributed by atoms with E-state index < -0.39 is 0 Å². The van der Waals surface area contributed by atoms with Crippen molar-refractivity contribution in [1.29, 1.82) is 0 Å². The SMILES string of the molecule is CCCCCCCCCCCCCCCCOCCOCCOCCOCCOC(=O)CCCCCC. The van der Waals surface area contributed by atoms with Crippen molar-refractivity contribution < 1.29 is 28.5 Å². The fourth-order valence-corrected chi connectivity index (χ4v) is 4.14. The lowest BCUT2D eigenvalue weighted by Gasteiger charge is -2.08. The summed E-state index contributed by atoms with van der Waals surface area (Å²) in [4.78, 5) is 11.5. The zero-order valence-electron chi connectivity index (χ0n) is 24.7. The fourth-order valence-electron chi connectivity index (χ4n) is 4.14. The molecule has 0 spiro atoms. The molecule has 0 saturated carbocycles. The molecule has 0 aliphatic heterocycles. The molecule has 0 N–H and O–H groups in total. The molecule has 0 bridgehead atoms. The maximum atomic E-state index is 11.5. The molecule has 0 fully saturated rings. The summed E-state index contributed by atoms with van der Waals surface area (Å²) in [6.07, 6.45) is 24.2. The zero-order valence-corrected chi connectivity index (χ0v) is 24.7. The van der Waals surface area contributed by atoms with E-state index in [4.69, 9.17) is 23.7 Å². The lowest BCUT2D eigenvalue weighted by atomic mass is 10.0. The Balaban J connectivity index is 3.07. The van der Waals surface area contributed by atoms with Crippen LogP contribution in [0, 0.1) is 0 Å². The molecule has 0 radical (unpaired) electrons. The molecule has 222 valence electrons. The minimum Gasteiger partial charge on any atom is -0.463 e. The normalized spacial score (nSPS) is 11.3. The number of ether oxygens (including phenoxy) is 5. The van der Waals surface area contributed by atoms with Crippen molar-refractivity contribution in [2.45, 2.75) is 136 Å².